The highest BCUT2D eigenvalue weighted by Crippen LogP contribution is 2.19. The Morgan fingerprint density at radius 1 is 1.53 bits per heavy atom. The molecule has 4 nitrogen and oxygen atoms in total. The summed E-state index contributed by atoms with van der Waals surface area (Å²) in [6.07, 6.45) is -0.174. The molecule has 0 aliphatic rings. The van der Waals surface area contributed by atoms with Gasteiger partial charge in [-0.15, -0.1) is 0 Å². The van der Waals surface area contributed by atoms with Crippen LogP contribution in [0.5, 0.6) is 0 Å². The van der Waals surface area contributed by atoms with Crippen molar-refractivity contribution in [3.63, 3.8) is 0 Å². The molecule has 0 unspecified atom stereocenters. The van der Waals surface area contributed by atoms with E-state index < -0.39 is 13.0 Å². The summed E-state index contributed by atoms with van der Waals surface area (Å²) in [5, 5.41) is 0. The fraction of sp³-hybridized carbons (Fsp3) is 0.273. The molecular formula is C11H11F2N3O. The first-order valence-electron chi connectivity index (χ1n) is 5.05. The van der Waals surface area contributed by atoms with Crippen LogP contribution in [-0.4, -0.2) is 35.7 Å². The molecule has 90 valence electrons. The van der Waals surface area contributed by atoms with E-state index in [0.717, 1.165) is 0 Å². The summed E-state index contributed by atoms with van der Waals surface area (Å²) in [7, 11) is 1.49. The molecule has 2 heterocycles. The Kier molecular flexibility index (Phi) is 3.03. The van der Waals surface area contributed by atoms with Crippen molar-refractivity contribution >= 4 is 17.8 Å². The predicted molar refractivity (Wildman–Crippen MR) is 59.9 cm³/mol. The summed E-state index contributed by atoms with van der Waals surface area (Å²) < 4.78 is 26.2. The Labute approximate surface area is 96.5 Å². The second kappa shape index (κ2) is 4.48. The molecule has 0 atom stereocenters. The summed E-state index contributed by atoms with van der Waals surface area (Å²) in [4.78, 5) is 16.5. The maximum Gasteiger partial charge on any atom is 0.255 e. The average Bonchev–Trinajstić information content (AvgIpc) is 2.66. The van der Waals surface area contributed by atoms with E-state index in [2.05, 4.69) is 4.98 Å². The molecule has 17 heavy (non-hydrogen) atoms. The van der Waals surface area contributed by atoms with Crippen molar-refractivity contribution < 1.29 is 13.6 Å². The first kappa shape index (κ1) is 11.5. The summed E-state index contributed by atoms with van der Waals surface area (Å²) in [6, 6.07) is 5.24. The standard InChI is InChI=1S/C11H11F2N3O/c1-15(6-9(12)13)11-8(7-17)16-5-3-2-4-10(16)14-11/h2-5,7,9H,6H2,1H3. The van der Waals surface area contributed by atoms with Gasteiger partial charge in [0.25, 0.3) is 6.43 Å². The zero-order chi connectivity index (χ0) is 12.4. The lowest BCUT2D eigenvalue weighted by atomic mass is 10.4. The van der Waals surface area contributed by atoms with E-state index in [4.69, 9.17) is 0 Å². The largest absolute Gasteiger partial charge is 0.352 e. The molecule has 0 saturated heterocycles. The van der Waals surface area contributed by atoms with Gasteiger partial charge in [-0.05, 0) is 12.1 Å². The van der Waals surface area contributed by atoms with Crippen LogP contribution in [-0.2, 0) is 0 Å². The minimum absolute atomic E-state index is 0.270. The number of imidazole rings is 1. The molecular weight excluding hydrogens is 228 g/mol. The topological polar surface area (TPSA) is 37.6 Å². The van der Waals surface area contributed by atoms with Crippen LogP contribution in [0.3, 0.4) is 0 Å². The molecule has 0 amide bonds. The fourth-order valence-corrected chi connectivity index (χ4v) is 1.69. The number of carbonyl (C=O) groups is 1. The van der Waals surface area contributed by atoms with Crippen LogP contribution in [0, 0.1) is 0 Å². The second-order valence-corrected chi connectivity index (χ2v) is 3.64. The second-order valence-electron chi connectivity index (χ2n) is 3.64. The smallest absolute Gasteiger partial charge is 0.255 e. The van der Waals surface area contributed by atoms with E-state index in [9.17, 15) is 13.6 Å². The third kappa shape index (κ3) is 2.11. The normalized spacial score (nSPS) is 11.1. The van der Waals surface area contributed by atoms with E-state index >= 15 is 0 Å². The lowest BCUT2D eigenvalue weighted by molar-refractivity contribution is 0.111. The number of anilines is 1. The maximum absolute atomic E-state index is 12.3. The van der Waals surface area contributed by atoms with Crippen LogP contribution in [0.15, 0.2) is 24.4 Å². The molecule has 0 radical (unpaired) electrons. The van der Waals surface area contributed by atoms with Crippen LogP contribution >= 0.6 is 0 Å². The number of hydrogen-bond acceptors (Lipinski definition) is 3. The molecule has 0 spiro atoms. The Bertz CT molecular complexity index is 538. The molecule has 0 bridgehead atoms. The highest BCUT2D eigenvalue weighted by molar-refractivity contribution is 5.83. The highest BCUT2D eigenvalue weighted by atomic mass is 19.3. The van der Waals surface area contributed by atoms with Gasteiger partial charge in [-0.1, -0.05) is 6.07 Å². The van der Waals surface area contributed by atoms with Crippen molar-refractivity contribution in [1.82, 2.24) is 9.38 Å². The number of halogens is 2. The van der Waals surface area contributed by atoms with Crippen molar-refractivity contribution in [1.29, 1.82) is 0 Å². The number of rotatable bonds is 4. The molecule has 0 aliphatic carbocycles. The van der Waals surface area contributed by atoms with Gasteiger partial charge in [0.05, 0.1) is 6.54 Å². The van der Waals surface area contributed by atoms with Crippen molar-refractivity contribution in [2.45, 2.75) is 6.43 Å². The van der Waals surface area contributed by atoms with Crippen LogP contribution in [0.4, 0.5) is 14.6 Å². The van der Waals surface area contributed by atoms with E-state index in [0.29, 0.717) is 11.9 Å². The molecule has 6 heteroatoms. The number of hydrogen-bond donors (Lipinski definition) is 0. The molecule has 2 rings (SSSR count). The molecule has 0 N–H and O–H groups in total. The van der Waals surface area contributed by atoms with Gasteiger partial charge < -0.3 is 4.90 Å². The fourth-order valence-electron chi connectivity index (χ4n) is 1.69. The number of nitrogens with zero attached hydrogens (tertiary/aromatic N) is 3. The Balaban J connectivity index is 2.49. The number of fused-ring (bicyclic) bond motifs is 1. The minimum Gasteiger partial charge on any atom is -0.352 e. The van der Waals surface area contributed by atoms with Gasteiger partial charge in [0.15, 0.2) is 12.1 Å². The maximum atomic E-state index is 12.3. The van der Waals surface area contributed by atoms with Crippen molar-refractivity contribution in [2.24, 2.45) is 0 Å². The van der Waals surface area contributed by atoms with Gasteiger partial charge in [0.1, 0.15) is 11.3 Å². The average molecular weight is 239 g/mol. The van der Waals surface area contributed by atoms with Crippen molar-refractivity contribution in [3.8, 4) is 0 Å². The van der Waals surface area contributed by atoms with Crippen molar-refractivity contribution in [3.05, 3.63) is 30.1 Å². The van der Waals surface area contributed by atoms with Gasteiger partial charge in [0.2, 0.25) is 0 Å². The number of aromatic nitrogens is 2. The summed E-state index contributed by atoms with van der Waals surface area (Å²) in [5.74, 6) is 0.270. The SMILES string of the molecule is CN(CC(F)F)c1nc2ccccn2c1C=O. The van der Waals surface area contributed by atoms with E-state index in [-0.39, 0.29) is 11.5 Å². The van der Waals surface area contributed by atoms with E-state index in [1.54, 1.807) is 28.8 Å². The third-order valence-electron chi connectivity index (χ3n) is 2.43. The zero-order valence-electron chi connectivity index (χ0n) is 9.18. The highest BCUT2D eigenvalue weighted by Gasteiger charge is 2.17. The molecule has 0 saturated carbocycles. The number of carbonyl (C=O) groups excluding carboxylic acids is 1. The Morgan fingerprint density at radius 3 is 2.94 bits per heavy atom. The summed E-state index contributed by atoms with van der Waals surface area (Å²) >= 11 is 0. The molecule has 0 aromatic carbocycles. The number of alkyl halides is 2. The van der Waals surface area contributed by atoms with Gasteiger partial charge in [-0.25, -0.2) is 13.8 Å². The first-order chi connectivity index (χ1) is 8.13. The van der Waals surface area contributed by atoms with Crippen molar-refractivity contribution in [2.75, 3.05) is 18.5 Å². The van der Waals surface area contributed by atoms with E-state index in [1.165, 1.54) is 11.9 Å². The van der Waals surface area contributed by atoms with Gasteiger partial charge in [0, 0.05) is 13.2 Å². The monoisotopic (exact) mass is 239 g/mol. The zero-order valence-corrected chi connectivity index (χ0v) is 9.18. The van der Waals surface area contributed by atoms with Gasteiger partial charge in [-0.3, -0.25) is 9.20 Å². The van der Waals surface area contributed by atoms with E-state index in [1.807, 2.05) is 0 Å². The molecule has 2 aromatic heterocycles. The van der Waals surface area contributed by atoms with Gasteiger partial charge in [-0.2, -0.15) is 0 Å². The quantitative estimate of drug-likeness (QED) is 0.764. The Hall–Kier alpha value is -1.98. The predicted octanol–water partition coefficient (Wildman–Crippen LogP) is 1.85. The molecule has 2 aromatic rings. The van der Waals surface area contributed by atoms with Crippen LogP contribution in [0.25, 0.3) is 5.65 Å². The van der Waals surface area contributed by atoms with Crippen LogP contribution in [0.2, 0.25) is 0 Å². The minimum atomic E-state index is -2.47. The number of aldehydes is 1. The number of pyridine rings is 1. The van der Waals surface area contributed by atoms with Crippen LogP contribution < -0.4 is 4.90 Å². The summed E-state index contributed by atoms with van der Waals surface area (Å²) in [6.45, 7) is -0.454. The molecule has 0 aliphatic heterocycles. The Morgan fingerprint density at radius 2 is 2.29 bits per heavy atom. The third-order valence-corrected chi connectivity index (χ3v) is 2.43. The van der Waals surface area contributed by atoms with Crippen LogP contribution in [0.1, 0.15) is 10.5 Å². The first-order valence-corrected chi connectivity index (χ1v) is 5.05. The lowest BCUT2D eigenvalue weighted by Gasteiger charge is -2.15. The lowest BCUT2D eigenvalue weighted by Crippen LogP contribution is -2.25. The summed E-state index contributed by atoms with van der Waals surface area (Å²) in [5.41, 5.74) is 0.842. The van der Waals surface area contributed by atoms with Gasteiger partial charge >= 0.3 is 0 Å². The molecule has 0 fully saturated rings.